The SMILES string of the molecule is CNC(=O)c1ccc2c3c1C(C=O)CC=C3C(=O)N(c1ccccc1CO)C2=O. The Morgan fingerprint density at radius 3 is 2.66 bits per heavy atom. The minimum atomic E-state index is -0.613. The lowest BCUT2D eigenvalue weighted by Gasteiger charge is -2.34. The van der Waals surface area contributed by atoms with Crippen molar-refractivity contribution < 1.29 is 24.3 Å². The highest BCUT2D eigenvalue weighted by Crippen LogP contribution is 2.43. The van der Waals surface area contributed by atoms with Crippen molar-refractivity contribution in [3.05, 3.63) is 70.3 Å². The lowest BCUT2D eigenvalue weighted by Crippen LogP contribution is -2.44. The Morgan fingerprint density at radius 2 is 1.97 bits per heavy atom. The first-order chi connectivity index (χ1) is 14.0. The maximum atomic E-state index is 13.3. The predicted octanol–water partition coefficient (Wildman–Crippen LogP) is 1.80. The number of nitrogens with one attached hydrogen (secondary N) is 1. The van der Waals surface area contributed by atoms with Gasteiger partial charge < -0.3 is 15.2 Å². The van der Waals surface area contributed by atoms with E-state index in [1.807, 2.05) is 0 Å². The van der Waals surface area contributed by atoms with Crippen LogP contribution in [0.25, 0.3) is 5.57 Å². The zero-order valence-corrected chi connectivity index (χ0v) is 15.6. The molecule has 3 amide bonds. The molecule has 0 radical (unpaired) electrons. The Hall–Kier alpha value is -3.58. The van der Waals surface area contributed by atoms with Crippen molar-refractivity contribution >= 4 is 35.3 Å². The lowest BCUT2D eigenvalue weighted by molar-refractivity contribution is -0.113. The summed E-state index contributed by atoms with van der Waals surface area (Å²) in [6.45, 7) is -0.326. The van der Waals surface area contributed by atoms with Crippen LogP contribution in [0.15, 0.2) is 42.5 Å². The molecule has 0 saturated heterocycles. The van der Waals surface area contributed by atoms with Crippen molar-refractivity contribution in [2.75, 3.05) is 11.9 Å². The van der Waals surface area contributed by atoms with Gasteiger partial charge in [-0.05, 0) is 30.2 Å². The van der Waals surface area contributed by atoms with Crippen LogP contribution in [0.4, 0.5) is 5.69 Å². The molecule has 1 atom stereocenters. The molecule has 1 heterocycles. The molecule has 7 heteroatoms. The van der Waals surface area contributed by atoms with Crippen LogP contribution >= 0.6 is 0 Å². The molecule has 146 valence electrons. The molecule has 0 spiro atoms. The molecule has 1 unspecified atom stereocenters. The first-order valence-corrected chi connectivity index (χ1v) is 9.15. The van der Waals surface area contributed by atoms with Gasteiger partial charge >= 0.3 is 0 Å². The number of para-hydroxylation sites is 1. The number of allylic oxidation sites excluding steroid dienone is 1. The number of aliphatic hydroxyl groups is 1. The molecule has 7 nitrogen and oxygen atoms in total. The number of hydrogen-bond acceptors (Lipinski definition) is 5. The average molecular weight is 390 g/mol. The molecule has 2 aliphatic rings. The number of carbonyl (C=O) groups is 4. The molecule has 29 heavy (non-hydrogen) atoms. The van der Waals surface area contributed by atoms with Gasteiger partial charge in [-0.15, -0.1) is 0 Å². The summed E-state index contributed by atoms with van der Waals surface area (Å²) >= 11 is 0. The molecular weight excluding hydrogens is 372 g/mol. The smallest absolute Gasteiger partial charge is 0.265 e. The monoisotopic (exact) mass is 390 g/mol. The quantitative estimate of drug-likeness (QED) is 0.612. The highest BCUT2D eigenvalue weighted by Gasteiger charge is 2.42. The van der Waals surface area contributed by atoms with Crippen LogP contribution in [-0.4, -0.2) is 36.2 Å². The summed E-state index contributed by atoms with van der Waals surface area (Å²) in [4.78, 5) is 51.7. The maximum absolute atomic E-state index is 13.3. The summed E-state index contributed by atoms with van der Waals surface area (Å²) in [6.07, 6.45) is 2.63. The van der Waals surface area contributed by atoms with E-state index in [0.29, 0.717) is 22.4 Å². The van der Waals surface area contributed by atoms with Crippen molar-refractivity contribution in [3.63, 3.8) is 0 Å². The predicted molar refractivity (Wildman–Crippen MR) is 105 cm³/mol. The van der Waals surface area contributed by atoms with Gasteiger partial charge in [-0.3, -0.25) is 14.4 Å². The molecule has 2 N–H and O–H groups in total. The molecule has 4 rings (SSSR count). The summed E-state index contributed by atoms with van der Waals surface area (Å²) in [5, 5.41) is 12.2. The van der Waals surface area contributed by atoms with Gasteiger partial charge in [0.15, 0.2) is 0 Å². The van der Waals surface area contributed by atoms with Gasteiger partial charge in [0, 0.05) is 40.8 Å². The van der Waals surface area contributed by atoms with Crippen molar-refractivity contribution in [1.82, 2.24) is 5.32 Å². The summed E-state index contributed by atoms with van der Waals surface area (Å²) in [6, 6.07) is 9.66. The fraction of sp³-hybridized carbons (Fsp3) is 0.182. The van der Waals surface area contributed by atoms with Crippen molar-refractivity contribution in [1.29, 1.82) is 0 Å². The molecule has 1 aliphatic carbocycles. The van der Waals surface area contributed by atoms with Crippen LogP contribution in [0.1, 0.15) is 49.7 Å². The van der Waals surface area contributed by atoms with E-state index >= 15 is 0 Å². The van der Waals surface area contributed by atoms with Crippen molar-refractivity contribution in [2.45, 2.75) is 18.9 Å². The summed E-state index contributed by atoms with van der Waals surface area (Å²) in [7, 11) is 1.48. The van der Waals surface area contributed by atoms with Gasteiger partial charge in [-0.2, -0.15) is 0 Å². The molecule has 2 aromatic carbocycles. The molecule has 1 aliphatic heterocycles. The third kappa shape index (κ3) is 2.70. The summed E-state index contributed by atoms with van der Waals surface area (Å²) in [5.41, 5.74) is 2.32. The number of carbonyl (C=O) groups excluding carboxylic acids is 4. The average Bonchev–Trinajstić information content (AvgIpc) is 2.76. The second kappa shape index (κ2) is 7.10. The largest absolute Gasteiger partial charge is 0.392 e. The molecule has 0 fully saturated rings. The summed E-state index contributed by atoms with van der Waals surface area (Å²) in [5.74, 6) is -2.09. The van der Waals surface area contributed by atoms with Crippen LogP contribution in [0.2, 0.25) is 0 Å². The molecular formula is C22H18N2O5. The van der Waals surface area contributed by atoms with Crippen LogP contribution in [0.3, 0.4) is 0 Å². The molecule has 0 bridgehead atoms. The second-order valence-corrected chi connectivity index (χ2v) is 6.86. The van der Waals surface area contributed by atoms with Crippen LogP contribution in [-0.2, 0) is 16.2 Å². The zero-order chi connectivity index (χ0) is 20.7. The zero-order valence-electron chi connectivity index (χ0n) is 15.6. The third-order valence-corrected chi connectivity index (χ3v) is 5.37. The van der Waals surface area contributed by atoms with E-state index in [1.165, 1.54) is 19.2 Å². The van der Waals surface area contributed by atoms with Gasteiger partial charge in [0.25, 0.3) is 17.7 Å². The highest BCUT2D eigenvalue weighted by molar-refractivity contribution is 6.42. The normalized spacial score (nSPS) is 17.5. The Bertz CT molecular complexity index is 1100. The lowest BCUT2D eigenvalue weighted by atomic mass is 9.76. The van der Waals surface area contributed by atoms with Gasteiger partial charge in [-0.25, -0.2) is 4.90 Å². The highest BCUT2D eigenvalue weighted by atomic mass is 16.3. The Kier molecular flexibility index (Phi) is 4.60. The van der Waals surface area contributed by atoms with Gasteiger partial charge in [0.2, 0.25) is 0 Å². The fourth-order valence-electron chi connectivity index (χ4n) is 4.00. The molecule has 2 aromatic rings. The van der Waals surface area contributed by atoms with E-state index in [0.717, 1.165) is 11.2 Å². The van der Waals surface area contributed by atoms with E-state index in [2.05, 4.69) is 5.32 Å². The molecule has 0 aromatic heterocycles. The Balaban J connectivity index is 1.98. The minimum absolute atomic E-state index is 0.248. The topological polar surface area (TPSA) is 104 Å². The number of benzene rings is 2. The van der Waals surface area contributed by atoms with E-state index in [9.17, 15) is 24.3 Å². The molecule has 0 saturated carbocycles. The first-order valence-electron chi connectivity index (χ1n) is 9.15. The van der Waals surface area contributed by atoms with Crippen LogP contribution in [0, 0.1) is 0 Å². The van der Waals surface area contributed by atoms with E-state index in [1.54, 1.807) is 30.3 Å². The van der Waals surface area contributed by atoms with E-state index < -0.39 is 17.7 Å². The number of aldehydes is 1. The second-order valence-electron chi connectivity index (χ2n) is 6.86. The fourth-order valence-corrected chi connectivity index (χ4v) is 4.00. The van der Waals surface area contributed by atoms with E-state index in [-0.39, 0.29) is 35.6 Å². The minimum Gasteiger partial charge on any atom is -0.392 e. The third-order valence-electron chi connectivity index (χ3n) is 5.37. The Morgan fingerprint density at radius 1 is 1.21 bits per heavy atom. The number of anilines is 1. The number of imide groups is 1. The van der Waals surface area contributed by atoms with Crippen molar-refractivity contribution in [3.8, 4) is 0 Å². The standard InChI is InChI=1S/C22H18N2O5/c1-23-20(27)14-8-9-16-19-15(7-6-13(11-26)18(14)19)21(28)24(22(16)29)17-5-3-2-4-12(17)10-25/h2-5,7-9,11,13,25H,6,10H2,1H3,(H,23,27). The number of aliphatic hydroxyl groups excluding tert-OH is 1. The number of hydrogen-bond donors (Lipinski definition) is 2. The maximum Gasteiger partial charge on any atom is 0.265 e. The first kappa shape index (κ1) is 18.8. The van der Waals surface area contributed by atoms with Crippen LogP contribution in [0.5, 0.6) is 0 Å². The number of nitrogens with zero attached hydrogens (tertiary/aromatic N) is 1. The van der Waals surface area contributed by atoms with Crippen LogP contribution < -0.4 is 10.2 Å². The Labute approximate surface area is 166 Å². The van der Waals surface area contributed by atoms with Gasteiger partial charge in [-0.1, -0.05) is 24.3 Å². The van der Waals surface area contributed by atoms with Gasteiger partial charge in [0.05, 0.1) is 12.3 Å². The van der Waals surface area contributed by atoms with Crippen molar-refractivity contribution in [2.24, 2.45) is 0 Å². The summed E-state index contributed by atoms with van der Waals surface area (Å²) < 4.78 is 0. The number of rotatable bonds is 4. The van der Waals surface area contributed by atoms with Gasteiger partial charge in [0.1, 0.15) is 6.29 Å². The number of amides is 3. The van der Waals surface area contributed by atoms with E-state index in [4.69, 9.17) is 0 Å².